The van der Waals surface area contributed by atoms with Crippen molar-refractivity contribution >= 4 is 50.7 Å². The van der Waals surface area contributed by atoms with Crippen molar-refractivity contribution in [2.75, 3.05) is 10.8 Å². The monoisotopic (exact) mass is 589 g/mol. The first-order chi connectivity index (χ1) is 18.3. The van der Waals surface area contributed by atoms with Crippen LogP contribution in [-0.2, 0) is 26.2 Å². The SMILES string of the molecule is Cc1ccc(N(CC(=O)N(Cc2c(Cl)cccc2Cl)C(C)C(=O)NC(C)C)S(=O)(=O)c2ccccc2)c(C)c1. The van der Waals surface area contributed by atoms with E-state index >= 15 is 0 Å². The van der Waals surface area contributed by atoms with Crippen LogP contribution < -0.4 is 9.62 Å². The van der Waals surface area contributed by atoms with Gasteiger partial charge in [-0.2, -0.15) is 0 Å². The van der Waals surface area contributed by atoms with Crippen LogP contribution in [0, 0.1) is 13.8 Å². The van der Waals surface area contributed by atoms with Gasteiger partial charge in [0.2, 0.25) is 11.8 Å². The number of hydrogen-bond donors (Lipinski definition) is 1. The Morgan fingerprint density at radius 3 is 2.08 bits per heavy atom. The third kappa shape index (κ3) is 7.32. The molecule has 39 heavy (non-hydrogen) atoms. The molecular weight excluding hydrogens is 557 g/mol. The van der Waals surface area contributed by atoms with Gasteiger partial charge < -0.3 is 10.2 Å². The minimum atomic E-state index is -4.14. The zero-order valence-electron chi connectivity index (χ0n) is 22.6. The molecule has 0 bridgehead atoms. The number of nitrogens with one attached hydrogen (secondary N) is 1. The molecule has 0 fully saturated rings. The molecule has 2 amide bonds. The third-order valence-electron chi connectivity index (χ3n) is 6.22. The molecule has 0 aliphatic rings. The number of anilines is 1. The Hall–Kier alpha value is -3.07. The van der Waals surface area contributed by atoms with Crippen LogP contribution in [0.5, 0.6) is 0 Å². The van der Waals surface area contributed by atoms with Crippen LogP contribution in [0.1, 0.15) is 37.5 Å². The summed E-state index contributed by atoms with van der Waals surface area (Å²) in [6.07, 6.45) is 0. The minimum Gasteiger partial charge on any atom is -0.352 e. The molecule has 0 radical (unpaired) electrons. The number of aryl methyl sites for hydroxylation is 2. The molecule has 3 aromatic rings. The Morgan fingerprint density at radius 2 is 1.51 bits per heavy atom. The number of sulfonamides is 1. The van der Waals surface area contributed by atoms with E-state index in [2.05, 4.69) is 5.32 Å². The zero-order chi connectivity index (χ0) is 28.9. The highest BCUT2D eigenvalue weighted by Crippen LogP contribution is 2.30. The van der Waals surface area contributed by atoms with Crippen LogP contribution in [0.3, 0.4) is 0 Å². The van der Waals surface area contributed by atoms with Gasteiger partial charge in [-0.3, -0.25) is 13.9 Å². The topological polar surface area (TPSA) is 86.8 Å². The highest BCUT2D eigenvalue weighted by atomic mass is 35.5. The predicted octanol–water partition coefficient (Wildman–Crippen LogP) is 5.75. The molecule has 3 aromatic carbocycles. The van der Waals surface area contributed by atoms with Crippen LogP contribution in [0.2, 0.25) is 10.0 Å². The molecule has 1 unspecified atom stereocenters. The lowest BCUT2D eigenvalue weighted by molar-refractivity contribution is -0.139. The molecule has 208 valence electrons. The van der Waals surface area contributed by atoms with Gasteiger partial charge in [-0.25, -0.2) is 8.42 Å². The van der Waals surface area contributed by atoms with E-state index in [0.717, 1.165) is 9.87 Å². The van der Waals surface area contributed by atoms with Crippen molar-refractivity contribution < 1.29 is 18.0 Å². The Bertz CT molecular complexity index is 1430. The van der Waals surface area contributed by atoms with Crippen LogP contribution in [-0.4, -0.2) is 43.8 Å². The smallest absolute Gasteiger partial charge is 0.264 e. The Balaban J connectivity index is 2.09. The molecule has 3 rings (SSSR count). The van der Waals surface area contributed by atoms with Gasteiger partial charge in [0.05, 0.1) is 10.6 Å². The maximum atomic E-state index is 14.0. The zero-order valence-corrected chi connectivity index (χ0v) is 24.9. The number of rotatable bonds is 10. The van der Waals surface area contributed by atoms with Crippen LogP contribution >= 0.6 is 23.2 Å². The summed E-state index contributed by atoms with van der Waals surface area (Å²) in [5.41, 5.74) is 2.47. The first kappa shape index (κ1) is 30.5. The van der Waals surface area contributed by atoms with Gasteiger partial charge in [-0.1, -0.05) is 65.2 Å². The highest BCUT2D eigenvalue weighted by molar-refractivity contribution is 7.92. The van der Waals surface area contributed by atoms with Crippen molar-refractivity contribution in [1.82, 2.24) is 10.2 Å². The van der Waals surface area contributed by atoms with E-state index in [0.29, 0.717) is 26.9 Å². The van der Waals surface area contributed by atoms with Gasteiger partial charge in [-0.05, 0) is 70.5 Å². The fourth-order valence-electron chi connectivity index (χ4n) is 4.16. The maximum absolute atomic E-state index is 14.0. The summed E-state index contributed by atoms with van der Waals surface area (Å²) < 4.78 is 28.8. The van der Waals surface area contributed by atoms with Crippen LogP contribution in [0.25, 0.3) is 0 Å². The number of benzene rings is 3. The quantitative estimate of drug-likeness (QED) is 0.326. The third-order valence-corrected chi connectivity index (χ3v) is 8.70. The molecule has 7 nitrogen and oxygen atoms in total. The number of hydrogen-bond acceptors (Lipinski definition) is 4. The standard InChI is InChI=1S/C29H33Cl2N3O4S/c1-19(2)32-29(36)22(5)33(17-24-25(30)12-9-13-26(24)31)28(35)18-34(27-15-14-20(3)16-21(27)4)39(37,38)23-10-7-6-8-11-23/h6-16,19,22H,17-18H2,1-5H3,(H,32,36). The van der Waals surface area contributed by atoms with Gasteiger partial charge in [0.15, 0.2) is 0 Å². The average Bonchev–Trinajstić information content (AvgIpc) is 2.87. The van der Waals surface area contributed by atoms with Crippen LogP contribution in [0.15, 0.2) is 71.6 Å². The summed E-state index contributed by atoms with van der Waals surface area (Å²) in [6, 6.07) is 17.1. The number of carbonyl (C=O) groups is 2. The van der Waals surface area contributed by atoms with Crippen molar-refractivity contribution in [3.63, 3.8) is 0 Å². The summed E-state index contributed by atoms with van der Waals surface area (Å²) in [5.74, 6) is -0.970. The summed E-state index contributed by atoms with van der Waals surface area (Å²) in [7, 11) is -4.14. The molecule has 0 spiro atoms. The van der Waals surface area contributed by atoms with E-state index in [1.807, 2.05) is 26.8 Å². The van der Waals surface area contributed by atoms with E-state index in [9.17, 15) is 18.0 Å². The van der Waals surface area contributed by atoms with E-state index < -0.39 is 28.5 Å². The fraction of sp³-hybridized carbons (Fsp3) is 0.310. The molecule has 1 atom stereocenters. The predicted molar refractivity (Wildman–Crippen MR) is 157 cm³/mol. The first-order valence-corrected chi connectivity index (χ1v) is 14.7. The average molecular weight is 591 g/mol. The summed E-state index contributed by atoms with van der Waals surface area (Å²) in [4.78, 5) is 28.4. The summed E-state index contributed by atoms with van der Waals surface area (Å²) in [5, 5.41) is 3.49. The molecule has 0 saturated heterocycles. The van der Waals surface area contributed by atoms with Gasteiger partial charge in [0, 0.05) is 28.2 Å². The number of nitrogens with zero attached hydrogens (tertiary/aromatic N) is 2. The molecule has 0 saturated carbocycles. The van der Waals surface area contributed by atoms with E-state index in [1.165, 1.54) is 17.0 Å². The lowest BCUT2D eigenvalue weighted by atomic mass is 10.1. The first-order valence-electron chi connectivity index (χ1n) is 12.5. The van der Waals surface area contributed by atoms with Gasteiger partial charge in [0.1, 0.15) is 12.6 Å². The lowest BCUT2D eigenvalue weighted by Gasteiger charge is -2.33. The molecular formula is C29H33Cl2N3O4S. The van der Waals surface area contributed by atoms with E-state index in [1.54, 1.807) is 62.4 Å². The summed E-state index contributed by atoms with van der Waals surface area (Å²) in [6.45, 7) is 8.29. The Morgan fingerprint density at radius 1 is 0.897 bits per heavy atom. The number of halogens is 2. The van der Waals surface area contributed by atoms with Crippen molar-refractivity contribution in [2.24, 2.45) is 0 Å². The molecule has 0 heterocycles. The van der Waals surface area contributed by atoms with Gasteiger partial charge >= 0.3 is 0 Å². The maximum Gasteiger partial charge on any atom is 0.264 e. The van der Waals surface area contributed by atoms with E-state index in [4.69, 9.17) is 23.2 Å². The fourth-order valence-corrected chi connectivity index (χ4v) is 6.18. The largest absolute Gasteiger partial charge is 0.352 e. The van der Waals surface area contributed by atoms with Crippen molar-refractivity contribution in [1.29, 1.82) is 0 Å². The normalized spacial score (nSPS) is 12.2. The second kappa shape index (κ2) is 12.9. The number of carbonyl (C=O) groups excluding carboxylic acids is 2. The van der Waals surface area contributed by atoms with E-state index in [-0.39, 0.29) is 23.4 Å². The van der Waals surface area contributed by atoms with Gasteiger partial charge in [-0.15, -0.1) is 0 Å². The van der Waals surface area contributed by atoms with Crippen LogP contribution in [0.4, 0.5) is 5.69 Å². The second-order valence-corrected chi connectivity index (χ2v) is 12.4. The Kier molecular flexibility index (Phi) is 10.0. The molecule has 0 aliphatic carbocycles. The highest BCUT2D eigenvalue weighted by Gasteiger charge is 2.33. The molecule has 0 aliphatic heterocycles. The lowest BCUT2D eigenvalue weighted by Crippen LogP contribution is -2.52. The molecule has 10 heteroatoms. The number of amides is 2. The van der Waals surface area contributed by atoms with Crippen molar-refractivity contribution in [3.8, 4) is 0 Å². The summed E-state index contributed by atoms with van der Waals surface area (Å²) >= 11 is 12.8. The molecule has 1 N–H and O–H groups in total. The second-order valence-electron chi connectivity index (χ2n) is 9.68. The van der Waals surface area contributed by atoms with Gasteiger partial charge in [0.25, 0.3) is 10.0 Å². The van der Waals surface area contributed by atoms with Crippen molar-refractivity contribution in [3.05, 3.63) is 93.5 Å². The Labute approximate surface area is 240 Å². The molecule has 0 aromatic heterocycles. The minimum absolute atomic E-state index is 0.0454. The van der Waals surface area contributed by atoms with Crippen molar-refractivity contribution in [2.45, 2.75) is 58.1 Å².